The van der Waals surface area contributed by atoms with Gasteiger partial charge in [0.15, 0.2) is 0 Å². The fourth-order valence-corrected chi connectivity index (χ4v) is 1.57. The van der Waals surface area contributed by atoms with E-state index in [9.17, 15) is 0 Å². The molecule has 3 N–H and O–H groups in total. The van der Waals surface area contributed by atoms with Crippen LogP contribution in [-0.4, -0.2) is 29.0 Å². The van der Waals surface area contributed by atoms with Gasteiger partial charge in [0.1, 0.15) is 0 Å². The third-order valence-electron chi connectivity index (χ3n) is 2.79. The minimum absolute atomic E-state index is 0.114. The van der Waals surface area contributed by atoms with E-state index in [2.05, 4.69) is 10.5 Å². The standard InChI is InChI=1S/C10H20N4O/c1-8(15-3)10(13-11)5-4-9-6-7-12-14(9)2/h6-8,10,13H,4-5,11H2,1-3H3. The molecule has 0 bridgehead atoms. The van der Waals surface area contributed by atoms with Crippen LogP contribution in [-0.2, 0) is 18.2 Å². The predicted octanol–water partition coefficient (Wildman–Crippen LogP) is 0.220. The number of rotatable bonds is 6. The molecule has 0 fully saturated rings. The Morgan fingerprint density at radius 2 is 2.40 bits per heavy atom. The number of hydrogen-bond donors (Lipinski definition) is 2. The van der Waals surface area contributed by atoms with Crippen LogP contribution in [0.25, 0.3) is 0 Å². The Kier molecular flexibility index (Phi) is 4.74. The first-order valence-electron chi connectivity index (χ1n) is 5.14. The van der Waals surface area contributed by atoms with Gasteiger partial charge in [-0.15, -0.1) is 0 Å². The summed E-state index contributed by atoms with van der Waals surface area (Å²) < 4.78 is 7.12. The molecule has 0 aliphatic rings. The summed E-state index contributed by atoms with van der Waals surface area (Å²) >= 11 is 0. The zero-order valence-electron chi connectivity index (χ0n) is 9.60. The first-order valence-corrected chi connectivity index (χ1v) is 5.14. The van der Waals surface area contributed by atoms with Crippen LogP contribution < -0.4 is 11.3 Å². The van der Waals surface area contributed by atoms with Crippen molar-refractivity contribution in [3.63, 3.8) is 0 Å². The normalized spacial score (nSPS) is 15.2. The number of ether oxygens (including phenoxy) is 1. The summed E-state index contributed by atoms with van der Waals surface area (Å²) in [5.41, 5.74) is 3.99. The van der Waals surface area contributed by atoms with Crippen LogP contribution in [0.3, 0.4) is 0 Å². The fraction of sp³-hybridized carbons (Fsp3) is 0.700. The maximum atomic E-state index is 5.47. The molecule has 5 heteroatoms. The Bertz CT molecular complexity index is 287. The predicted molar refractivity (Wildman–Crippen MR) is 59.1 cm³/mol. The zero-order chi connectivity index (χ0) is 11.3. The van der Waals surface area contributed by atoms with E-state index in [1.165, 1.54) is 5.69 Å². The SMILES string of the molecule is COC(C)C(CCc1ccnn1C)NN. The molecule has 0 saturated heterocycles. The summed E-state index contributed by atoms with van der Waals surface area (Å²) in [5.74, 6) is 5.47. The van der Waals surface area contributed by atoms with Crippen molar-refractivity contribution >= 4 is 0 Å². The molecule has 0 amide bonds. The number of nitrogens with two attached hydrogens (primary N) is 1. The quantitative estimate of drug-likeness (QED) is 0.523. The molecule has 0 aromatic carbocycles. The number of aryl methyl sites for hydroxylation is 2. The highest BCUT2D eigenvalue weighted by Crippen LogP contribution is 2.07. The van der Waals surface area contributed by atoms with Crippen molar-refractivity contribution in [2.45, 2.75) is 31.9 Å². The van der Waals surface area contributed by atoms with Crippen LogP contribution in [0, 0.1) is 0 Å². The van der Waals surface area contributed by atoms with Crippen molar-refractivity contribution in [3.8, 4) is 0 Å². The molecule has 0 spiro atoms. The van der Waals surface area contributed by atoms with Gasteiger partial charge in [-0.05, 0) is 25.8 Å². The molecular weight excluding hydrogens is 192 g/mol. The number of hydrazine groups is 1. The number of nitrogens with zero attached hydrogens (tertiary/aromatic N) is 2. The molecule has 15 heavy (non-hydrogen) atoms. The van der Waals surface area contributed by atoms with Gasteiger partial charge in [-0.25, -0.2) is 0 Å². The lowest BCUT2D eigenvalue weighted by molar-refractivity contribution is 0.0801. The van der Waals surface area contributed by atoms with Gasteiger partial charge in [-0.3, -0.25) is 16.0 Å². The molecule has 1 aromatic heterocycles. The number of methoxy groups -OCH3 is 1. The number of aromatic nitrogens is 2. The van der Waals surface area contributed by atoms with Crippen LogP contribution >= 0.6 is 0 Å². The molecule has 2 atom stereocenters. The summed E-state index contributed by atoms with van der Waals surface area (Å²) in [5, 5.41) is 4.12. The van der Waals surface area contributed by atoms with E-state index >= 15 is 0 Å². The molecule has 1 rings (SSSR count). The average Bonchev–Trinajstić information content (AvgIpc) is 2.65. The smallest absolute Gasteiger partial charge is 0.0709 e. The summed E-state index contributed by atoms with van der Waals surface area (Å²) in [4.78, 5) is 0. The summed E-state index contributed by atoms with van der Waals surface area (Å²) in [6.07, 6.45) is 3.80. The Balaban J connectivity index is 2.44. The molecule has 5 nitrogen and oxygen atoms in total. The Morgan fingerprint density at radius 3 is 2.87 bits per heavy atom. The van der Waals surface area contributed by atoms with Gasteiger partial charge in [-0.1, -0.05) is 0 Å². The van der Waals surface area contributed by atoms with E-state index in [1.54, 1.807) is 13.3 Å². The summed E-state index contributed by atoms with van der Waals surface area (Å²) in [6, 6.07) is 2.19. The van der Waals surface area contributed by atoms with Crippen molar-refractivity contribution in [3.05, 3.63) is 18.0 Å². The first-order chi connectivity index (χ1) is 7.19. The van der Waals surface area contributed by atoms with Gasteiger partial charge in [0, 0.05) is 32.1 Å². The van der Waals surface area contributed by atoms with Crippen molar-refractivity contribution < 1.29 is 4.74 Å². The second kappa shape index (κ2) is 5.85. The molecule has 0 saturated carbocycles. The fourth-order valence-electron chi connectivity index (χ4n) is 1.57. The largest absolute Gasteiger partial charge is 0.380 e. The highest BCUT2D eigenvalue weighted by molar-refractivity contribution is 5.00. The lowest BCUT2D eigenvalue weighted by Crippen LogP contribution is -2.43. The van der Waals surface area contributed by atoms with Crippen LogP contribution in [0.4, 0.5) is 0 Å². The van der Waals surface area contributed by atoms with Crippen LogP contribution in [0.1, 0.15) is 19.0 Å². The minimum Gasteiger partial charge on any atom is -0.380 e. The molecule has 0 aliphatic carbocycles. The maximum absolute atomic E-state index is 5.47. The van der Waals surface area contributed by atoms with Crippen molar-refractivity contribution in [2.24, 2.45) is 12.9 Å². The second-order valence-electron chi connectivity index (χ2n) is 3.70. The molecule has 0 radical (unpaired) electrons. The number of nitrogens with one attached hydrogen (secondary N) is 1. The monoisotopic (exact) mass is 212 g/mol. The third kappa shape index (κ3) is 3.30. The van der Waals surface area contributed by atoms with E-state index in [0.717, 1.165) is 12.8 Å². The van der Waals surface area contributed by atoms with Gasteiger partial charge in [0.05, 0.1) is 6.10 Å². The summed E-state index contributed by atoms with van der Waals surface area (Å²) in [6.45, 7) is 2.01. The first kappa shape index (κ1) is 12.2. The maximum Gasteiger partial charge on any atom is 0.0709 e. The Labute approximate surface area is 90.6 Å². The van der Waals surface area contributed by atoms with E-state index in [4.69, 9.17) is 10.6 Å². The van der Waals surface area contributed by atoms with Crippen LogP contribution in [0.2, 0.25) is 0 Å². The minimum atomic E-state index is 0.114. The second-order valence-corrected chi connectivity index (χ2v) is 3.70. The zero-order valence-corrected chi connectivity index (χ0v) is 9.60. The third-order valence-corrected chi connectivity index (χ3v) is 2.79. The molecule has 2 unspecified atom stereocenters. The van der Waals surface area contributed by atoms with Gasteiger partial charge >= 0.3 is 0 Å². The molecular formula is C10H20N4O. The lowest BCUT2D eigenvalue weighted by Gasteiger charge is -2.21. The molecule has 86 valence electrons. The van der Waals surface area contributed by atoms with Gasteiger partial charge in [0.2, 0.25) is 0 Å². The average molecular weight is 212 g/mol. The van der Waals surface area contributed by atoms with Crippen LogP contribution in [0.15, 0.2) is 12.3 Å². The molecule has 0 aliphatic heterocycles. The number of hydrogen-bond acceptors (Lipinski definition) is 4. The van der Waals surface area contributed by atoms with Gasteiger partial charge in [0.25, 0.3) is 0 Å². The van der Waals surface area contributed by atoms with Gasteiger partial charge in [-0.2, -0.15) is 5.10 Å². The Morgan fingerprint density at radius 1 is 1.67 bits per heavy atom. The highest BCUT2D eigenvalue weighted by atomic mass is 16.5. The Hall–Kier alpha value is -0.910. The highest BCUT2D eigenvalue weighted by Gasteiger charge is 2.15. The van der Waals surface area contributed by atoms with E-state index in [1.807, 2.05) is 24.7 Å². The van der Waals surface area contributed by atoms with E-state index in [0.29, 0.717) is 0 Å². The van der Waals surface area contributed by atoms with Crippen molar-refractivity contribution in [1.29, 1.82) is 0 Å². The molecule has 1 aromatic rings. The van der Waals surface area contributed by atoms with Gasteiger partial charge < -0.3 is 4.74 Å². The van der Waals surface area contributed by atoms with Crippen LogP contribution in [0.5, 0.6) is 0 Å². The summed E-state index contributed by atoms with van der Waals surface area (Å²) in [7, 11) is 3.64. The van der Waals surface area contributed by atoms with Crippen molar-refractivity contribution in [2.75, 3.05) is 7.11 Å². The lowest BCUT2D eigenvalue weighted by atomic mass is 10.1. The van der Waals surface area contributed by atoms with E-state index < -0.39 is 0 Å². The van der Waals surface area contributed by atoms with E-state index in [-0.39, 0.29) is 12.1 Å². The van der Waals surface area contributed by atoms with Crippen molar-refractivity contribution in [1.82, 2.24) is 15.2 Å². The topological polar surface area (TPSA) is 65.1 Å². The molecule has 1 heterocycles.